The molecule has 0 spiro atoms. The third-order valence-corrected chi connectivity index (χ3v) is 3.38. The largest absolute Gasteiger partial charge is 0.336 e. The van der Waals surface area contributed by atoms with Crippen molar-refractivity contribution in [3.8, 4) is 0 Å². The van der Waals surface area contributed by atoms with Crippen molar-refractivity contribution in [2.24, 2.45) is 0 Å². The average molecular weight is 217 g/mol. The average Bonchev–Trinajstić information content (AvgIpc) is 2.88. The number of aromatic nitrogens is 1. The minimum atomic E-state index is 0.0911. The fourth-order valence-electron chi connectivity index (χ4n) is 2.47. The fourth-order valence-corrected chi connectivity index (χ4v) is 2.47. The van der Waals surface area contributed by atoms with Gasteiger partial charge in [-0.15, -0.1) is 0 Å². The van der Waals surface area contributed by atoms with Gasteiger partial charge in [0, 0.05) is 13.1 Å². The molecule has 2 aliphatic rings. The Kier molecular flexibility index (Phi) is 2.17. The van der Waals surface area contributed by atoms with Crippen LogP contribution >= 0.6 is 0 Å². The van der Waals surface area contributed by atoms with Crippen molar-refractivity contribution >= 4 is 5.91 Å². The van der Waals surface area contributed by atoms with Gasteiger partial charge in [0.15, 0.2) is 0 Å². The van der Waals surface area contributed by atoms with E-state index >= 15 is 0 Å². The maximum Gasteiger partial charge on any atom is 0.255 e. The van der Waals surface area contributed by atoms with Crippen LogP contribution in [-0.4, -0.2) is 29.4 Å². The van der Waals surface area contributed by atoms with E-state index in [-0.39, 0.29) is 5.91 Å². The smallest absolute Gasteiger partial charge is 0.255 e. The van der Waals surface area contributed by atoms with Crippen LogP contribution in [0.25, 0.3) is 0 Å². The van der Waals surface area contributed by atoms with Crippen molar-refractivity contribution in [1.82, 2.24) is 15.2 Å². The van der Waals surface area contributed by atoms with E-state index in [1.54, 1.807) is 4.90 Å². The number of hydrogen-bond acceptors (Lipinski definition) is 3. The second-order valence-corrected chi connectivity index (χ2v) is 4.54. The van der Waals surface area contributed by atoms with Gasteiger partial charge in [0.2, 0.25) is 0 Å². The van der Waals surface area contributed by atoms with Crippen LogP contribution in [0.5, 0.6) is 0 Å². The molecule has 1 saturated heterocycles. The number of fused-ring (bicyclic) bond motifs is 1. The van der Waals surface area contributed by atoms with E-state index in [0.29, 0.717) is 12.6 Å². The number of nitrogens with one attached hydrogen (secondary N) is 1. The molecule has 4 heteroatoms. The molecule has 2 aliphatic heterocycles. The predicted octanol–water partition coefficient (Wildman–Crippen LogP) is 1.09. The third kappa shape index (κ3) is 1.41. The topological polar surface area (TPSA) is 45.2 Å². The molecule has 0 bridgehead atoms. The van der Waals surface area contributed by atoms with Crippen LogP contribution in [0.3, 0.4) is 0 Å². The molecule has 0 unspecified atom stereocenters. The molecule has 0 radical (unpaired) electrons. The van der Waals surface area contributed by atoms with E-state index in [4.69, 9.17) is 0 Å². The van der Waals surface area contributed by atoms with E-state index in [1.165, 1.54) is 6.42 Å². The zero-order valence-electron chi connectivity index (χ0n) is 9.36. The van der Waals surface area contributed by atoms with Crippen molar-refractivity contribution < 1.29 is 4.79 Å². The Hall–Kier alpha value is -1.42. The van der Waals surface area contributed by atoms with Gasteiger partial charge in [0.05, 0.1) is 23.5 Å². The number of nitrogens with zero attached hydrogens (tertiary/aromatic N) is 2. The standard InChI is InChI=1S/C12H15N3O/c1-15-7-11-8(12(15)16)4-5-10(14-11)9-3-2-6-13-9/h4-5,9,13H,2-3,6-7H2,1H3/t9-/m0/s1. The van der Waals surface area contributed by atoms with E-state index in [2.05, 4.69) is 10.3 Å². The predicted molar refractivity (Wildman–Crippen MR) is 60.0 cm³/mol. The lowest BCUT2D eigenvalue weighted by molar-refractivity contribution is 0.0816. The Morgan fingerprint density at radius 2 is 2.38 bits per heavy atom. The molecule has 0 aromatic carbocycles. The summed E-state index contributed by atoms with van der Waals surface area (Å²) in [6.45, 7) is 1.72. The van der Waals surface area contributed by atoms with Crippen LogP contribution in [0.1, 0.15) is 40.6 Å². The van der Waals surface area contributed by atoms with Crippen molar-refractivity contribution in [1.29, 1.82) is 0 Å². The summed E-state index contributed by atoms with van der Waals surface area (Å²) in [4.78, 5) is 18.0. The number of carbonyl (C=O) groups is 1. The molecule has 3 heterocycles. The highest BCUT2D eigenvalue weighted by atomic mass is 16.2. The molecular formula is C12H15N3O. The second kappa shape index (κ2) is 3.56. The summed E-state index contributed by atoms with van der Waals surface area (Å²) < 4.78 is 0. The number of carbonyl (C=O) groups excluding carboxylic acids is 1. The van der Waals surface area contributed by atoms with Crippen LogP contribution in [-0.2, 0) is 6.54 Å². The van der Waals surface area contributed by atoms with Gasteiger partial charge in [-0.3, -0.25) is 9.78 Å². The highest BCUT2D eigenvalue weighted by Crippen LogP contribution is 2.25. The van der Waals surface area contributed by atoms with Gasteiger partial charge in [-0.1, -0.05) is 0 Å². The molecular weight excluding hydrogens is 202 g/mol. The Balaban J connectivity index is 1.95. The Labute approximate surface area is 94.7 Å². The number of amides is 1. The fraction of sp³-hybridized carbons (Fsp3) is 0.500. The van der Waals surface area contributed by atoms with Crippen molar-refractivity contribution in [3.05, 3.63) is 29.1 Å². The maximum atomic E-state index is 11.7. The summed E-state index contributed by atoms with van der Waals surface area (Å²) in [6, 6.07) is 4.29. The zero-order chi connectivity index (χ0) is 11.1. The molecule has 1 atom stereocenters. The van der Waals surface area contributed by atoms with E-state index in [0.717, 1.165) is 29.9 Å². The van der Waals surface area contributed by atoms with Crippen molar-refractivity contribution in [3.63, 3.8) is 0 Å². The highest BCUT2D eigenvalue weighted by Gasteiger charge is 2.27. The summed E-state index contributed by atoms with van der Waals surface area (Å²) in [7, 11) is 1.82. The van der Waals surface area contributed by atoms with Gasteiger partial charge in [-0.05, 0) is 31.5 Å². The molecule has 1 N–H and O–H groups in total. The van der Waals surface area contributed by atoms with Crippen LogP contribution in [0.2, 0.25) is 0 Å². The zero-order valence-corrected chi connectivity index (χ0v) is 9.36. The molecule has 3 rings (SSSR count). The van der Waals surface area contributed by atoms with Crippen LogP contribution in [0.4, 0.5) is 0 Å². The maximum absolute atomic E-state index is 11.7. The first-order valence-corrected chi connectivity index (χ1v) is 5.74. The van der Waals surface area contributed by atoms with Crippen LogP contribution < -0.4 is 5.32 Å². The lowest BCUT2D eigenvalue weighted by Crippen LogP contribution is -2.17. The number of pyridine rings is 1. The first kappa shape index (κ1) is 9.78. The van der Waals surface area contributed by atoms with Gasteiger partial charge < -0.3 is 10.2 Å². The van der Waals surface area contributed by atoms with E-state index < -0.39 is 0 Å². The summed E-state index contributed by atoms with van der Waals surface area (Å²) in [6.07, 6.45) is 2.36. The summed E-state index contributed by atoms with van der Waals surface area (Å²) in [5.74, 6) is 0.0911. The molecule has 1 aromatic heterocycles. The lowest BCUT2D eigenvalue weighted by atomic mass is 10.1. The second-order valence-electron chi connectivity index (χ2n) is 4.54. The number of hydrogen-bond donors (Lipinski definition) is 1. The van der Waals surface area contributed by atoms with E-state index in [1.807, 2.05) is 19.2 Å². The summed E-state index contributed by atoms with van der Waals surface area (Å²) >= 11 is 0. The van der Waals surface area contributed by atoms with Crippen molar-refractivity contribution in [2.45, 2.75) is 25.4 Å². The highest BCUT2D eigenvalue weighted by molar-refractivity contribution is 5.97. The van der Waals surface area contributed by atoms with Gasteiger partial charge in [-0.2, -0.15) is 0 Å². The monoisotopic (exact) mass is 217 g/mol. The minimum absolute atomic E-state index is 0.0911. The summed E-state index contributed by atoms with van der Waals surface area (Å²) in [5, 5.41) is 3.43. The quantitative estimate of drug-likeness (QED) is 0.766. The van der Waals surface area contributed by atoms with Gasteiger partial charge >= 0.3 is 0 Å². The molecule has 84 valence electrons. The summed E-state index contributed by atoms with van der Waals surface area (Å²) in [5.41, 5.74) is 2.78. The molecule has 0 saturated carbocycles. The number of rotatable bonds is 1. The molecule has 1 fully saturated rings. The minimum Gasteiger partial charge on any atom is -0.336 e. The van der Waals surface area contributed by atoms with Crippen LogP contribution in [0.15, 0.2) is 12.1 Å². The Bertz CT molecular complexity index is 438. The molecule has 1 aromatic rings. The molecule has 0 aliphatic carbocycles. The van der Waals surface area contributed by atoms with Gasteiger partial charge in [0.25, 0.3) is 5.91 Å². The van der Waals surface area contributed by atoms with E-state index in [9.17, 15) is 4.79 Å². The Morgan fingerprint density at radius 1 is 1.50 bits per heavy atom. The SMILES string of the molecule is CN1Cc2nc([C@@H]3CCCN3)ccc2C1=O. The normalized spacial score (nSPS) is 23.9. The molecule has 16 heavy (non-hydrogen) atoms. The van der Waals surface area contributed by atoms with Crippen molar-refractivity contribution in [2.75, 3.05) is 13.6 Å². The molecule has 4 nitrogen and oxygen atoms in total. The van der Waals surface area contributed by atoms with Gasteiger partial charge in [-0.25, -0.2) is 0 Å². The first-order valence-electron chi connectivity index (χ1n) is 5.74. The molecule has 1 amide bonds. The Morgan fingerprint density at radius 3 is 3.12 bits per heavy atom. The van der Waals surface area contributed by atoms with Crippen LogP contribution in [0, 0.1) is 0 Å². The third-order valence-electron chi connectivity index (χ3n) is 3.38. The van der Waals surface area contributed by atoms with Gasteiger partial charge in [0.1, 0.15) is 0 Å². The lowest BCUT2D eigenvalue weighted by Gasteiger charge is -2.10. The first-order chi connectivity index (χ1) is 7.75.